The van der Waals surface area contributed by atoms with E-state index in [2.05, 4.69) is 29.4 Å². The van der Waals surface area contributed by atoms with Crippen molar-refractivity contribution < 1.29 is 23.9 Å². The molecule has 3 rings (SSSR count). The fraction of sp³-hybridized carbons (Fsp3) is 0.526. The summed E-state index contributed by atoms with van der Waals surface area (Å²) in [6.45, 7) is 8.82. The second-order valence-corrected chi connectivity index (χ2v) is 12.1. The Morgan fingerprint density at radius 1 is 0.894 bits per heavy atom. The minimum atomic E-state index is -0.670. The first kappa shape index (κ1) is 37.5. The first-order chi connectivity index (χ1) is 22.8. The second-order valence-electron chi connectivity index (χ2n) is 12.1. The second kappa shape index (κ2) is 20.3. The zero-order chi connectivity index (χ0) is 34.0. The van der Waals surface area contributed by atoms with E-state index in [1.165, 1.54) is 71.0 Å². The highest BCUT2D eigenvalue weighted by Crippen LogP contribution is 2.32. The van der Waals surface area contributed by atoms with Gasteiger partial charge in [0, 0.05) is 50.2 Å². The molecule has 2 N–H and O–H groups in total. The first-order valence-corrected chi connectivity index (χ1v) is 17.3. The quantitative estimate of drug-likeness (QED) is 0.111. The van der Waals surface area contributed by atoms with Gasteiger partial charge in [-0.05, 0) is 62.6 Å². The lowest BCUT2D eigenvalue weighted by Crippen LogP contribution is -2.33. The SMILES string of the molecule is CCCCCCCCCCCCOCCCNC(=O)C1=CC(=Nc2ccc(N(C)CC)cc2C)c2c(NC(=O)OC)cccc2C1=O. The van der Waals surface area contributed by atoms with E-state index in [-0.39, 0.29) is 11.1 Å². The molecule has 0 aliphatic heterocycles. The molecule has 0 aromatic heterocycles. The lowest BCUT2D eigenvalue weighted by molar-refractivity contribution is -0.117. The largest absolute Gasteiger partial charge is 0.453 e. The van der Waals surface area contributed by atoms with E-state index in [9.17, 15) is 14.4 Å². The molecule has 0 heterocycles. The molecule has 0 atom stereocenters. The van der Waals surface area contributed by atoms with Crippen LogP contribution in [0.5, 0.6) is 0 Å². The molecular weight excluding hydrogens is 592 g/mol. The van der Waals surface area contributed by atoms with Crippen LogP contribution in [-0.2, 0) is 14.3 Å². The van der Waals surface area contributed by atoms with Gasteiger partial charge in [-0.15, -0.1) is 0 Å². The number of Topliss-reactive ketones (excluding diaryl/α,β-unsaturated/α-hetero) is 1. The summed E-state index contributed by atoms with van der Waals surface area (Å²) in [5.74, 6) is -0.898. The van der Waals surface area contributed by atoms with Gasteiger partial charge in [0.05, 0.1) is 29.8 Å². The van der Waals surface area contributed by atoms with Crippen LogP contribution >= 0.6 is 0 Å². The van der Waals surface area contributed by atoms with Crippen molar-refractivity contribution in [2.45, 2.75) is 91.4 Å². The molecule has 0 fully saturated rings. The summed E-state index contributed by atoms with van der Waals surface area (Å²) >= 11 is 0. The van der Waals surface area contributed by atoms with E-state index < -0.39 is 17.8 Å². The number of rotatable bonds is 20. The Morgan fingerprint density at radius 3 is 2.23 bits per heavy atom. The van der Waals surface area contributed by atoms with E-state index in [0.29, 0.717) is 42.2 Å². The number of ether oxygens (including phenoxy) is 2. The Labute approximate surface area is 281 Å². The van der Waals surface area contributed by atoms with Crippen LogP contribution < -0.4 is 15.5 Å². The number of methoxy groups -OCH3 is 1. The molecule has 0 saturated carbocycles. The van der Waals surface area contributed by atoms with E-state index in [1.54, 1.807) is 18.2 Å². The van der Waals surface area contributed by atoms with Crippen LogP contribution in [0, 0.1) is 6.92 Å². The van der Waals surface area contributed by atoms with Crippen LogP contribution in [0.2, 0.25) is 0 Å². The highest BCUT2D eigenvalue weighted by atomic mass is 16.5. The molecule has 2 aromatic carbocycles. The van der Waals surface area contributed by atoms with Crippen LogP contribution in [0.25, 0.3) is 0 Å². The van der Waals surface area contributed by atoms with E-state index in [1.807, 2.05) is 32.2 Å². The molecule has 2 aromatic rings. The summed E-state index contributed by atoms with van der Waals surface area (Å²) in [6, 6.07) is 10.9. The van der Waals surface area contributed by atoms with Gasteiger partial charge in [0.1, 0.15) is 0 Å². The molecule has 9 nitrogen and oxygen atoms in total. The Hall–Kier alpha value is -3.98. The van der Waals surface area contributed by atoms with Crippen molar-refractivity contribution in [1.82, 2.24) is 5.32 Å². The highest BCUT2D eigenvalue weighted by molar-refractivity contribution is 6.37. The topological polar surface area (TPSA) is 109 Å². The van der Waals surface area contributed by atoms with Crippen molar-refractivity contribution in [3.63, 3.8) is 0 Å². The van der Waals surface area contributed by atoms with Crippen LogP contribution in [-0.4, -0.2) is 64.0 Å². The van der Waals surface area contributed by atoms with Gasteiger partial charge < -0.3 is 19.7 Å². The number of benzene rings is 2. The van der Waals surface area contributed by atoms with Gasteiger partial charge in [-0.1, -0.05) is 76.8 Å². The van der Waals surface area contributed by atoms with E-state index in [0.717, 1.165) is 30.8 Å². The van der Waals surface area contributed by atoms with Gasteiger partial charge in [0.2, 0.25) is 0 Å². The smallest absolute Gasteiger partial charge is 0.411 e. The maximum Gasteiger partial charge on any atom is 0.411 e. The summed E-state index contributed by atoms with van der Waals surface area (Å²) in [5.41, 5.74) is 4.18. The molecule has 47 heavy (non-hydrogen) atoms. The van der Waals surface area contributed by atoms with Crippen molar-refractivity contribution in [1.29, 1.82) is 0 Å². The van der Waals surface area contributed by atoms with Gasteiger partial charge in [-0.25, -0.2) is 9.79 Å². The number of carbonyl (C=O) groups is 3. The zero-order valence-corrected chi connectivity index (χ0v) is 29.1. The third-order valence-corrected chi connectivity index (χ3v) is 8.49. The van der Waals surface area contributed by atoms with Gasteiger partial charge in [-0.2, -0.15) is 0 Å². The normalized spacial score (nSPS) is 13.3. The number of ketones is 1. The number of aryl methyl sites for hydroxylation is 1. The summed E-state index contributed by atoms with van der Waals surface area (Å²) in [5, 5.41) is 5.56. The van der Waals surface area contributed by atoms with Crippen LogP contribution in [0.3, 0.4) is 0 Å². The molecule has 0 bridgehead atoms. The Kier molecular flexibility index (Phi) is 16.2. The fourth-order valence-electron chi connectivity index (χ4n) is 5.54. The highest BCUT2D eigenvalue weighted by Gasteiger charge is 2.31. The average Bonchev–Trinajstić information content (AvgIpc) is 3.07. The number of fused-ring (bicyclic) bond motifs is 1. The fourth-order valence-corrected chi connectivity index (χ4v) is 5.54. The number of hydrogen-bond acceptors (Lipinski definition) is 7. The number of amides is 2. The molecule has 2 amide bonds. The summed E-state index contributed by atoms with van der Waals surface area (Å²) < 4.78 is 10.6. The lowest BCUT2D eigenvalue weighted by Gasteiger charge is -2.21. The van der Waals surface area contributed by atoms with E-state index in [4.69, 9.17) is 14.5 Å². The number of anilines is 2. The number of allylic oxidation sites excluding steroid dienone is 1. The molecule has 1 aliphatic rings. The Balaban J connectivity index is 1.61. The van der Waals surface area contributed by atoms with Crippen LogP contribution in [0.4, 0.5) is 21.9 Å². The molecule has 1 aliphatic carbocycles. The van der Waals surface area contributed by atoms with Crippen molar-refractivity contribution in [2.75, 3.05) is 50.7 Å². The number of nitrogens with one attached hydrogen (secondary N) is 2. The van der Waals surface area contributed by atoms with Crippen LogP contribution in [0.1, 0.15) is 106 Å². The van der Waals surface area contributed by atoms with Gasteiger partial charge in [-0.3, -0.25) is 14.9 Å². The van der Waals surface area contributed by atoms with Crippen molar-refractivity contribution in [2.24, 2.45) is 4.99 Å². The van der Waals surface area contributed by atoms with E-state index >= 15 is 0 Å². The monoisotopic (exact) mass is 646 g/mol. The molecule has 0 unspecified atom stereocenters. The van der Waals surface area contributed by atoms with Gasteiger partial charge in [0.25, 0.3) is 5.91 Å². The van der Waals surface area contributed by atoms with Crippen molar-refractivity contribution in [3.8, 4) is 0 Å². The van der Waals surface area contributed by atoms with Gasteiger partial charge in [0.15, 0.2) is 5.78 Å². The Bertz CT molecular complexity index is 1400. The molecule has 0 saturated heterocycles. The van der Waals surface area contributed by atoms with Crippen molar-refractivity contribution in [3.05, 3.63) is 64.7 Å². The minimum absolute atomic E-state index is 0.00209. The van der Waals surface area contributed by atoms with Gasteiger partial charge >= 0.3 is 6.09 Å². The number of carbonyl (C=O) groups excluding carboxylic acids is 3. The predicted octanol–water partition coefficient (Wildman–Crippen LogP) is 8.32. The number of aliphatic imine (C=N–C) groups is 1. The molecular formula is C38H54N4O5. The maximum absolute atomic E-state index is 13.6. The molecule has 9 heteroatoms. The lowest BCUT2D eigenvalue weighted by atomic mass is 9.87. The third kappa shape index (κ3) is 11.6. The summed E-state index contributed by atoms with van der Waals surface area (Å²) in [7, 11) is 3.29. The number of hydrogen-bond donors (Lipinski definition) is 2. The molecule has 0 spiro atoms. The molecule has 0 radical (unpaired) electrons. The summed E-state index contributed by atoms with van der Waals surface area (Å²) in [6.07, 6.45) is 14.3. The zero-order valence-electron chi connectivity index (χ0n) is 29.1. The standard InChI is InChI=1S/C38H54N4O5/c1-6-8-9-10-11-12-13-14-15-16-24-47-25-18-23-39-37(44)31-27-34(40-32-22-21-29(26-28(32)3)42(4)7-2)35-30(36(31)43)19-17-20-33(35)41-38(45)46-5/h17,19-22,26-27H,6-16,18,23-25H2,1-5H3,(H,39,44)(H,41,45). The number of unbranched alkanes of at least 4 members (excludes halogenated alkanes) is 9. The maximum atomic E-state index is 13.6. The predicted molar refractivity (Wildman–Crippen MR) is 191 cm³/mol. The van der Waals surface area contributed by atoms with Crippen LogP contribution in [0.15, 0.2) is 53.0 Å². The third-order valence-electron chi connectivity index (χ3n) is 8.49. The first-order valence-electron chi connectivity index (χ1n) is 17.3. The minimum Gasteiger partial charge on any atom is -0.453 e. The van der Waals surface area contributed by atoms with Crippen molar-refractivity contribution >= 4 is 40.6 Å². The Morgan fingerprint density at radius 2 is 1.57 bits per heavy atom. The molecule has 256 valence electrons. The number of nitrogens with zero attached hydrogens (tertiary/aromatic N) is 2. The summed E-state index contributed by atoms with van der Waals surface area (Å²) in [4.78, 5) is 46.0. The average molecular weight is 647 g/mol.